The van der Waals surface area contributed by atoms with Gasteiger partial charge in [-0.2, -0.15) is 0 Å². The predicted octanol–water partition coefficient (Wildman–Crippen LogP) is 11.2. The fourth-order valence-electron chi connectivity index (χ4n) is 4.34. The molecule has 0 saturated carbocycles. The average Bonchev–Trinajstić information content (AvgIpc) is 2.87. The fraction of sp³-hybridized carbons (Fsp3) is 0.176. The standard InChI is InChI=1S/C34H32Cl2S/c1-23-5-7-27(25(3)21-23)13-19-33(29-9-15-31(35)16-10-29)37-34(30-11-17-32(36)18-12-30)20-14-28-8-6-24(2)22-26(28)4/h5-22,33-34H,1-4H3/b19-13-,20-14-. The molecular weight excluding hydrogens is 511 g/mol. The van der Waals surface area contributed by atoms with E-state index in [1.807, 2.05) is 36.0 Å². The summed E-state index contributed by atoms with van der Waals surface area (Å²) in [6.45, 7) is 8.60. The van der Waals surface area contributed by atoms with E-state index < -0.39 is 0 Å². The second-order valence-electron chi connectivity index (χ2n) is 9.52. The number of halogens is 2. The summed E-state index contributed by atoms with van der Waals surface area (Å²) < 4.78 is 0. The quantitative estimate of drug-likeness (QED) is 0.213. The Kier molecular flexibility index (Phi) is 9.38. The molecule has 0 nitrogen and oxygen atoms in total. The molecule has 3 heteroatoms. The Balaban J connectivity index is 1.71. The van der Waals surface area contributed by atoms with Gasteiger partial charge < -0.3 is 0 Å². The zero-order valence-corrected chi connectivity index (χ0v) is 24.0. The lowest BCUT2D eigenvalue weighted by molar-refractivity contribution is 1.17. The number of hydrogen-bond donors (Lipinski definition) is 0. The van der Waals surface area contributed by atoms with E-state index in [9.17, 15) is 0 Å². The van der Waals surface area contributed by atoms with Crippen LogP contribution in [-0.2, 0) is 0 Å². The van der Waals surface area contributed by atoms with Gasteiger partial charge in [0.1, 0.15) is 0 Å². The molecule has 0 N–H and O–H groups in total. The van der Waals surface area contributed by atoms with Crippen molar-refractivity contribution in [2.75, 3.05) is 0 Å². The summed E-state index contributed by atoms with van der Waals surface area (Å²) in [6, 6.07) is 29.6. The molecule has 0 saturated heterocycles. The molecular formula is C34H32Cl2S. The molecule has 0 amide bonds. The second-order valence-corrected chi connectivity index (χ2v) is 11.7. The van der Waals surface area contributed by atoms with Crippen molar-refractivity contribution in [3.8, 4) is 0 Å². The number of rotatable bonds is 8. The Morgan fingerprint density at radius 1 is 0.541 bits per heavy atom. The summed E-state index contributed by atoms with van der Waals surface area (Å²) in [6.07, 6.45) is 9.10. The van der Waals surface area contributed by atoms with Gasteiger partial charge in [-0.3, -0.25) is 0 Å². The predicted molar refractivity (Wildman–Crippen MR) is 166 cm³/mol. The van der Waals surface area contributed by atoms with Crippen LogP contribution in [0.25, 0.3) is 12.2 Å². The zero-order valence-electron chi connectivity index (χ0n) is 21.7. The van der Waals surface area contributed by atoms with Gasteiger partial charge in [-0.15, -0.1) is 11.8 Å². The van der Waals surface area contributed by atoms with Gasteiger partial charge >= 0.3 is 0 Å². The molecule has 0 heterocycles. The lowest BCUT2D eigenvalue weighted by Crippen LogP contribution is -1.97. The molecule has 0 aliphatic carbocycles. The van der Waals surface area contributed by atoms with E-state index in [0.717, 1.165) is 10.0 Å². The van der Waals surface area contributed by atoms with E-state index in [-0.39, 0.29) is 10.5 Å². The molecule has 4 rings (SSSR count). The molecule has 0 aliphatic heterocycles. The van der Waals surface area contributed by atoms with Crippen molar-refractivity contribution < 1.29 is 0 Å². The van der Waals surface area contributed by atoms with Crippen molar-refractivity contribution in [1.82, 2.24) is 0 Å². The van der Waals surface area contributed by atoms with E-state index in [0.29, 0.717) is 0 Å². The zero-order chi connectivity index (χ0) is 26.4. The van der Waals surface area contributed by atoms with Crippen LogP contribution in [0.2, 0.25) is 10.0 Å². The molecule has 37 heavy (non-hydrogen) atoms. The Labute approximate surface area is 236 Å². The molecule has 2 atom stereocenters. The molecule has 2 unspecified atom stereocenters. The van der Waals surface area contributed by atoms with Crippen LogP contribution in [0.3, 0.4) is 0 Å². The summed E-state index contributed by atoms with van der Waals surface area (Å²) in [5, 5.41) is 1.74. The number of hydrogen-bond acceptors (Lipinski definition) is 1. The lowest BCUT2D eigenvalue weighted by atomic mass is 10.0. The van der Waals surface area contributed by atoms with Gasteiger partial charge in [0.25, 0.3) is 0 Å². The molecule has 0 fully saturated rings. The minimum atomic E-state index is 0.127. The highest BCUT2D eigenvalue weighted by Gasteiger charge is 2.17. The monoisotopic (exact) mass is 542 g/mol. The van der Waals surface area contributed by atoms with Crippen LogP contribution < -0.4 is 0 Å². The number of aryl methyl sites for hydroxylation is 4. The van der Waals surface area contributed by atoms with Crippen LogP contribution in [0, 0.1) is 27.7 Å². The van der Waals surface area contributed by atoms with E-state index >= 15 is 0 Å². The number of thioether (sulfide) groups is 1. The van der Waals surface area contributed by atoms with Crippen LogP contribution in [-0.4, -0.2) is 0 Å². The van der Waals surface area contributed by atoms with Crippen LogP contribution in [0.5, 0.6) is 0 Å². The first kappa shape index (κ1) is 27.3. The molecule has 188 valence electrons. The third kappa shape index (κ3) is 7.65. The van der Waals surface area contributed by atoms with E-state index in [1.54, 1.807) is 0 Å². The maximum Gasteiger partial charge on any atom is 0.0489 e. The van der Waals surface area contributed by atoms with E-state index in [4.69, 9.17) is 23.2 Å². The van der Waals surface area contributed by atoms with Crippen molar-refractivity contribution in [1.29, 1.82) is 0 Å². The van der Waals surface area contributed by atoms with Crippen molar-refractivity contribution in [2.24, 2.45) is 0 Å². The maximum atomic E-state index is 6.24. The van der Waals surface area contributed by atoms with E-state index in [2.05, 4.69) is 113 Å². The van der Waals surface area contributed by atoms with Crippen molar-refractivity contribution >= 4 is 47.1 Å². The van der Waals surface area contributed by atoms with Gasteiger partial charge in [0.2, 0.25) is 0 Å². The first-order valence-corrected chi connectivity index (χ1v) is 14.2. The molecule has 4 aromatic rings. The molecule has 4 aromatic carbocycles. The Bertz CT molecular complexity index is 1290. The molecule has 0 aliphatic rings. The highest BCUT2D eigenvalue weighted by Crippen LogP contribution is 2.43. The maximum absolute atomic E-state index is 6.24. The smallest absolute Gasteiger partial charge is 0.0489 e. The highest BCUT2D eigenvalue weighted by molar-refractivity contribution is 8.00. The van der Waals surface area contributed by atoms with Gasteiger partial charge in [0.05, 0.1) is 0 Å². The third-order valence-corrected chi connectivity index (χ3v) is 8.39. The van der Waals surface area contributed by atoms with Gasteiger partial charge in [-0.05, 0) is 85.3 Å². The van der Waals surface area contributed by atoms with Crippen LogP contribution in [0.15, 0.2) is 97.1 Å². The van der Waals surface area contributed by atoms with Crippen molar-refractivity contribution in [3.63, 3.8) is 0 Å². The van der Waals surface area contributed by atoms with Crippen LogP contribution in [0.1, 0.15) is 55.0 Å². The van der Waals surface area contributed by atoms with Crippen molar-refractivity contribution in [2.45, 2.75) is 38.2 Å². The van der Waals surface area contributed by atoms with Gasteiger partial charge in [-0.25, -0.2) is 0 Å². The summed E-state index contributed by atoms with van der Waals surface area (Å²) in [5.41, 5.74) is 10.0. The first-order chi connectivity index (χ1) is 17.8. The largest absolute Gasteiger partial charge is 0.137 e. The number of benzene rings is 4. The summed E-state index contributed by atoms with van der Waals surface area (Å²) in [4.78, 5) is 0. The molecule has 0 spiro atoms. The van der Waals surface area contributed by atoms with Gasteiger partial charge in [-0.1, -0.05) is 119 Å². The summed E-state index contributed by atoms with van der Waals surface area (Å²) in [7, 11) is 0. The lowest BCUT2D eigenvalue weighted by Gasteiger charge is -2.21. The Morgan fingerprint density at radius 2 is 0.919 bits per heavy atom. The van der Waals surface area contributed by atoms with E-state index in [1.165, 1.54) is 44.5 Å². The Morgan fingerprint density at radius 3 is 1.27 bits per heavy atom. The minimum Gasteiger partial charge on any atom is -0.137 e. The minimum absolute atomic E-state index is 0.127. The topological polar surface area (TPSA) is 0 Å². The molecule has 0 bridgehead atoms. The first-order valence-electron chi connectivity index (χ1n) is 12.5. The molecule has 0 aromatic heterocycles. The normalized spacial score (nSPS) is 13.4. The van der Waals surface area contributed by atoms with Crippen LogP contribution >= 0.6 is 35.0 Å². The SMILES string of the molecule is Cc1ccc(/C=C\C(SC(/C=C\c2ccc(C)cc2C)c2ccc(Cl)cc2)c2ccc(Cl)cc2)c(C)c1. The van der Waals surface area contributed by atoms with Gasteiger partial charge in [0, 0.05) is 20.5 Å². The molecule has 0 radical (unpaired) electrons. The average molecular weight is 544 g/mol. The Hall–Kier alpha value is -2.71. The third-order valence-electron chi connectivity index (χ3n) is 6.44. The summed E-state index contributed by atoms with van der Waals surface area (Å²) >= 11 is 14.4. The van der Waals surface area contributed by atoms with Crippen molar-refractivity contribution in [3.05, 3.63) is 152 Å². The fourth-order valence-corrected chi connectivity index (χ4v) is 5.88. The van der Waals surface area contributed by atoms with Crippen LogP contribution in [0.4, 0.5) is 0 Å². The summed E-state index contributed by atoms with van der Waals surface area (Å²) in [5.74, 6) is 0. The second kappa shape index (κ2) is 12.7. The highest BCUT2D eigenvalue weighted by atomic mass is 35.5. The van der Waals surface area contributed by atoms with Gasteiger partial charge in [0.15, 0.2) is 0 Å².